The molecule has 0 aliphatic carbocycles. The summed E-state index contributed by atoms with van der Waals surface area (Å²) in [4.78, 5) is 29.4. The Balaban J connectivity index is 1.87. The molecule has 0 saturated carbocycles. The molecule has 0 aliphatic heterocycles. The number of benzene rings is 4. The molecule has 1 N–H and O–H groups in total. The quantitative estimate of drug-likeness (QED) is 0.150. The lowest BCUT2D eigenvalue weighted by molar-refractivity contribution is -0.140. The standard InChI is InChI=1S/C35H34BrClF3N3O4S/c1-3-24(2)41-34(45)32(20-25-10-6-4-7-11-25)42(22-26-14-17-28(36)18-15-26)33(44)23-43(48(46,47)29-12-8-5-9-13-29)31-21-27(35(38,39)40)16-19-30(31)37/h4-19,21,24,32H,3,20,22-23H2,1-2H3,(H,41,45)/t24-,32-/m0/s1. The maximum atomic E-state index is 14.5. The number of sulfonamides is 1. The van der Waals surface area contributed by atoms with E-state index in [4.69, 9.17) is 11.6 Å². The zero-order valence-corrected chi connectivity index (χ0v) is 29.3. The van der Waals surface area contributed by atoms with E-state index >= 15 is 0 Å². The van der Waals surface area contributed by atoms with Gasteiger partial charge in [0, 0.05) is 23.5 Å². The Kier molecular flexibility index (Phi) is 12.3. The van der Waals surface area contributed by atoms with E-state index in [0.29, 0.717) is 22.4 Å². The van der Waals surface area contributed by atoms with Gasteiger partial charge in [-0.2, -0.15) is 13.2 Å². The fourth-order valence-electron chi connectivity index (χ4n) is 4.89. The zero-order valence-electron chi connectivity index (χ0n) is 26.1. The van der Waals surface area contributed by atoms with Crippen LogP contribution in [0.3, 0.4) is 0 Å². The lowest BCUT2D eigenvalue weighted by Crippen LogP contribution is -2.54. The molecule has 0 bridgehead atoms. The van der Waals surface area contributed by atoms with Gasteiger partial charge in [-0.05, 0) is 66.9 Å². The van der Waals surface area contributed by atoms with Gasteiger partial charge in [0.1, 0.15) is 12.6 Å². The molecule has 0 fully saturated rings. The summed E-state index contributed by atoms with van der Waals surface area (Å²) in [5.41, 5.74) is -0.305. The van der Waals surface area contributed by atoms with Gasteiger partial charge >= 0.3 is 6.18 Å². The molecule has 0 aliphatic rings. The molecule has 13 heteroatoms. The molecule has 0 unspecified atom stereocenters. The van der Waals surface area contributed by atoms with Gasteiger partial charge in [-0.1, -0.05) is 95.1 Å². The highest BCUT2D eigenvalue weighted by atomic mass is 79.9. The number of amides is 2. The van der Waals surface area contributed by atoms with Crippen molar-refractivity contribution in [2.45, 2.75) is 56.4 Å². The highest BCUT2D eigenvalue weighted by Crippen LogP contribution is 2.37. The van der Waals surface area contributed by atoms with Crippen molar-refractivity contribution in [3.05, 3.63) is 129 Å². The highest BCUT2D eigenvalue weighted by molar-refractivity contribution is 9.10. The molecular weight excluding hydrogens is 731 g/mol. The Labute approximate surface area is 291 Å². The average Bonchev–Trinajstić information content (AvgIpc) is 3.06. The minimum Gasteiger partial charge on any atom is -0.352 e. The van der Waals surface area contributed by atoms with Gasteiger partial charge in [0.05, 0.1) is 21.2 Å². The maximum absolute atomic E-state index is 14.5. The fraction of sp³-hybridized carbons (Fsp3) is 0.257. The van der Waals surface area contributed by atoms with Gasteiger partial charge in [-0.25, -0.2) is 8.42 Å². The van der Waals surface area contributed by atoms with Crippen LogP contribution in [0.15, 0.2) is 112 Å². The number of anilines is 1. The first-order valence-electron chi connectivity index (χ1n) is 15.0. The van der Waals surface area contributed by atoms with Gasteiger partial charge in [0.25, 0.3) is 10.0 Å². The minimum atomic E-state index is -4.83. The first-order valence-corrected chi connectivity index (χ1v) is 17.6. The molecule has 0 radical (unpaired) electrons. The topological polar surface area (TPSA) is 86.8 Å². The van der Waals surface area contributed by atoms with Crippen molar-refractivity contribution < 1.29 is 31.2 Å². The van der Waals surface area contributed by atoms with Crippen LogP contribution in [0.4, 0.5) is 18.9 Å². The van der Waals surface area contributed by atoms with Crippen LogP contribution in [-0.4, -0.2) is 43.8 Å². The summed E-state index contributed by atoms with van der Waals surface area (Å²) >= 11 is 9.76. The zero-order chi connectivity index (χ0) is 35.1. The summed E-state index contributed by atoms with van der Waals surface area (Å²) in [7, 11) is -4.65. The lowest BCUT2D eigenvalue weighted by atomic mass is 10.0. The van der Waals surface area contributed by atoms with Crippen LogP contribution in [0.1, 0.15) is 37.0 Å². The number of alkyl halides is 3. The predicted molar refractivity (Wildman–Crippen MR) is 184 cm³/mol. The predicted octanol–water partition coefficient (Wildman–Crippen LogP) is 7.87. The monoisotopic (exact) mass is 763 g/mol. The SMILES string of the molecule is CC[C@H](C)NC(=O)[C@H](Cc1ccccc1)N(Cc1ccc(Br)cc1)C(=O)CN(c1cc(C(F)(F)F)ccc1Cl)S(=O)(=O)c1ccccc1. The summed E-state index contributed by atoms with van der Waals surface area (Å²) in [6, 6.07) is 24.0. The van der Waals surface area contributed by atoms with E-state index in [1.807, 2.05) is 19.9 Å². The third kappa shape index (κ3) is 9.39. The van der Waals surface area contributed by atoms with Gasteiger partial charge in [0.2, 0.25) is 11.8 Å². The third-order valence-corrected chi connectivity index (χ3v) is 10.3. The molecule has 0 saturated heterocycles. The summed E-state index contributed by atoms with van der Waals surface area (Å²) in [6.07, 6.45) is -4.13. The Morgan fingerprint density at radius 2 is 1.50 bits per heavy atom. The van der Waals surface area contributed by atoms with E-state index in [1.54, 1.807) is 54.6 Å². The normalized spacial score (nSPS) is 13.0. The molecule has 2 atom stereocenters. The van der Waals surface area contributed by atoms with E-state index in [2.05, 4.69) is 21.2 Å². The summed E-state index contributed by atoms with van der Waals surface area (Å²) in [6.45, 7) is 2.67. The van der Waals surface area contributed by atoms with E-state index in [1.165, 1.54) is 29.2 Å². The van der Waals surface area contributed by atoms with E-state index in [-0.39, 0.29) is 28.9 Å². The van der Waals surface area contributed by atoms with Crippen LogP contribution in [0, 0.1) is 0 Å². The first kappa shape index (κ1) is 37.0. The number of rotatable bonds is 13. The highest BCUT2D eigenvalue weighted by Gasteiger charge is 2.37. The number of nitrogens with one attached hydrogen (secondary N) is 1. The van der Waals surface area contributed by atoms with Crippen molar-refractivity contribution in [2.24, 2.45) is 0 Å². The molecule has 0 heterocycles. The van der Waals surface area contributed by atoms with Crippen molar-refractivity contribution in [3.8, 4) is 0 Å². The van der Waals surface area contributed by atoms with Crippen LogP contribution >= 0.6 is 27.5 Å². The molecule has 0 spiro atoms. The third-order valence-electron chi connectivity index (χ3n) is 7.69. The van der Waals surface area contributed by atoms with Crippen LogP contribution in [0.2, 0.25) is 5.02 Å². The smallest absolute Gasteiger partial charge is 0.352 e. The summed E-state index contributed by atoms with van der Waals surface area (Å²) in [5, 5.41) is 2.62. The van der Waals surface area contributed by atoms with E-state index in [9.17, 15) is 31.2 Å². The lowest BCUT2D eigenvalue weighted by Gasteiger charge is -2.34. The molecule has 254 valence electrons. The van der Waals surface area contributed by atoms with Crippen molar-refractivity contribution in [3.63, 3.8) is 0 Å². The minimum absolute atomic E-state index is 0.0845. The van der Waals surface area contributed by atoms with Gasteiger partial charge in [-0.3, -0.25) is 13.9 Å². The number of carbonyl (C=O) groups is 2. The van der Waals surface area contributed by atoms with Gasteiger partial charge in [-0.15, -0.1) is 0 Å². The molecule has 0 aromatic heterocycles. The first-order chi connectivity index (χ1) is 22.7. The second-order valence-electron chi connectivity index (χ2n) is 11.2. The Morgan fingerprint density at radius 1 is 0.896 bits per heavy atom. The average molecular weight is 765 g/mol. The van der Waals surface area contributed by atoms with Gasteiger partial charge < -0.3 is 10.2 Å². The molecule has 4 aromatic rings. The fourth-order valence-corrected chi connectivity index (χ4v) is 6.87. The van der Waals surface area contributed by atoms with Crippen molar-refractivity contribution in [2.75, 3.05) is 10.8 Å². The molecule has 7 nitrogen and oxygen atoms in total. The van der Waals surface area contributed by atoms with E-state index < -0.39 is 51.9 Å². The van der Waals surface area contributed by atoms with Crippen LogP contribution in [-0.2, 0) is 38.8 Å². The van der Waals surface area contributed by atoms with Crippen molar-refractivity contribution >= 4 is 55.1 Å². The Morgan fingerprint density at radius 3 is 2.08 bits per heavy atom. The Hall–Kier alpha value is -3.87. The number of nitrogens with zero attached hydrogens (tertiary/aromatic N) is 2. The number of halogens is 5. The number of carbonyl (C=O) groups excluding carboxylic acids is 2. The molecule has 4 aromatic carbocycles. The molecule has 2 amide bonds. The van der Waals surface area contributed by atoms with Crippen molar-refractivity contribution in [1.29, 1.82) is 0 Å². The van der Waals surface area contributed by atoms with E-state index in [0.717, 1.165) is 22.2 Å². The molecule has 48 heavy (non-hydrogen) atoms. The van der Waals surface area contributed by atoms with Crippen LogP contribution in [0.5, 0.6) is 0 Å². The van der Waals surface area contributed by atoms with Crippen molar-refractivity contribution in [1.82, 2.24) is 10.2 Å². The number of hydrogen-bond acceptors (Lipinski definition) is 4. The van der Waals surface area contributed by atoms with Crippen LogP contribution < -0.4 is 9.62 Å². The maximum Gasteiger partial charge on any atom is 0.416 e. The molecule has 4 rings (SSSR count). The Bertz CT molecular complexity index is 1810. The molecular formula is C35H34BrClF3N3O4S. The number of hydrogen-bond donors (Lipinski definition) is 1. The van der Waals surface area contributed by atoms with Crippen LogP contribution in [0.25, 0.3) is 0 Å². The largest absolute Gasteiger partial charge is 0.416 e. The second-order valence-corrected chi connectivity index (χ2v) is 14.3. The summed E-state index contributed by atoms with van der Waals surface area (Å²) < 4.78 is 71.1. The van der Waals surface area contributed by atoms with Gasteiger partial charge in [0.15, 0.2) is 0 Å². The summed E-state index contributed by atoms with van der Waals surface area (Å²) in [5.74, 6) is -1.29. The second kappa shape index (κ2) is 16.0.